The molecular formula is C10H15NO2. The lowest BCUT2D eigenvalue weighted by molar-refractivity contribution is -0.137. The van der Waals surface area contributed by atoms with Crippen LogP contribution < -0.4 is 0 Å². The first-order chi connectivity index (χ1) is 6.05. The zero-order valence-electron chi connectivity index (χ0n) is 8.13. The molecule has 1 aliphatic carbocycles. The average Bonchev–Trinajstić information content (AvgIpc) is 2.30. The van der Waals surface area contributed by atoms with Crippen molar-refractivity contribution in [2.45, 2.75) is 38.3 Å². The van der Waals surface area contributed by atoms with E-state index < -0.39 is 5.72 Å². The van der Waals surface area contributed by atoms with Crippen LogP contribution in [-0.4, -0.2) is 28.7 Å². The topological polar surface area (TPSA) is 40.5 Å². The summed E-state index contributed by atoms with van der Waals surface area (Å²) in [5.41, 5.74) is 0.789. The largest absolute Gasteiger partial charge is 0.367 e. The molecule has 0 aromatic heterocycles. The van der Waals surface area contributed by atoms with Gasteiger partial charge in [-0.05, 0) is 38.2 Å². The van der Waals surface area contributed by atoms with Crippen molar-refractivity contribution in [3.63, 3.8) is 0 Å². The number of likely N-dealkylation sites (N-methyl/N-ethyl adjacent to an activating group) is 1. The predicted octanol–water partition coefficient (Wildman–Crippen LogP) is 1.04. The van der Waals surface area contributed by atoms with Crippen molar-refractivity contribution in [1.29, 1.82) is 0 Å². The molecule has 1 unspecified atom stereocenters. The molecule has 1 N–H and O–H groups in total. The number of nitrogens with zero attached hydrogens (tertiary/aromatic N) is 1. The smallest absolute Gasteiger partial charge is 0.252 e. The van der Waals surface area contributed by atoms with Gasteiger partial charge in [-0.3, -0.25) is 4.79 Å². The lowest BCUT2D eigenvalue weighted by Gasteiger charge is -2.29. The third kappa shape index (κ3) is 1.03. The number of carbonyl (C=O) groups excluding carboxylic acids is 1. The summed E-state index contributed by atoms with van der Waals surface area (Å²) in [6.45, 7) is 1.71. The molecule has 0 fully saturated rings. The first-order valence-corrected chi connectivity index (χ1v) is 4.78. The first-order valence-electron chi connectivity index (χ1n) is 4.78. The second-order valence-corrected chi connectivity index (χ2v) is 4.05. The summed E-state index contributed by atoms with van der Waals surface area (Å²) < 4.78 is 0. The number of aliphatic hydroxyl groups is 1. The van der Waals surface area contributed by atoms with Crippen molar-refractivity contribution in [2.75, 3.05) is 7.05 Å². The molecule has 0 spiro atoms. The number of amides is 1. The molecule has 0 aromatic rings. The normalized spacial score (nSPS) is 34.1. The lowest BCUT2D eigenvalue weighted by Crippen LogP contribution is -2.42. The molecule has 1 heterocycles. The summed E-state index contributed by atoms with van der Waals surface area (Å²) in [4.78, 5) is 13.1. The van der Waals surface area contributed by atoms with Gasteiger partial charge in [-0.2, -0.15) is 0 Å². The van der Waals surface area contributed by atoms with Crippen molar-refractivity contribution in [3.8, 4) is 0 Å². The summed E-state index contributed by atoms with van der Waals surface area (Å²) in [7, 11) is 1.67. The van der Waals surface area contributed by atoms with Gasteiger partial charge in [-0.1, -0.05) is 0 Å². The maximum Gasteiger partial charge on any atom is 0.252 e. The Kier molecular flexibility index (Phi) is 1.74. The van der Waals surface area contributed by atoms with E-state index in [1.54, 1.807) is 14.0 Å². The molecule has 13 heavy (non-hydrogen) atoms. The molecule has 2 aliphatic rings. The van der Waals surface area contributed by atoms with E-state index in [0.717, 1.165) is 36.8 Å². The van der Waals surface area contributed by atoms with Crippen LogP contribution >= 0.6 is 0 Å². The predicted molar refractivity (Wildman–Crippen MR) is 48.9 cm³/mol. The van der Waals surface area contributed by atoms with Crippen LogP contribution in [0.15, 0.2) is 11.1 Å². The highest BCUT2D eigenvalue weighted by Crippen LogP contribution is 2.40. The zero-order valence-corrected chi connectivity index (χ0v) is 8.13. The van der Waals surface area contributed by atoms with Crippen LogP contribution in [0.2, 0.25) is 0 Å². The third-order valence-electron chi connectivity index (χ3n) is 3.26. The van der Waals surface area contributed by atoms with Gasteiger partial charge in [0.05, 0.1) is 0 Å². The van der Waals surface area contributed by atoms with E-state index in [0.29, 0.717) is 0 Å². The van der Waals surface area contributed by atoms with E-state index in [1.165, 1.54) is 4.90 Å². The highest BCUT2D eigenvalue weighted by atomic mass is 16.3. The fourth-order valence-electron chi connectivity index (χ4n) is 2.27. The monoisotopic (exact) mass is 181 g/mol. The maximum atomic E-state index is 11.7. The summed E-state index contributed by atoms with van der Waals surface area (Å²) >= 11 is 0. The molecule has 0 aromatic carbocycles. The molecule has 0 radical (unpaired) electrons. The van der Waals surface area contributed by atoms with Crippen LogP contribution in [0.25, 0.3) is 0 Å². The Morgan fingerprint density at radius 1 is 1.38 bits per heavy atom. The van der Waals surface area contributed by atoms with Gasteiger partial charge >= 0.3 is 0 Å². The van der Waals surface area contributed by atoms with Crippen LogP contribution in [0.1, 0.15) is 32.6 Å². The molecule has 1 amide bonds. The Balaban J connectivity index is 2.45. The lowest BCUT2D eigenvalue weighted by atomic mass is 9.89. The summed E-state index contributed by atoms with van der Waals surface area (Å²) in [5, 5.41) is 10.1. The number of carbonyl (C=O) groups is 1. The SMILES string of the molecule is CN1C(=O)C2=C(CCCC2)C1(C)O. The van der Waals surface area contributed by atoms with E-state index in [9.17, 15) is 9.90 Å². The first kappa shape index (κ1) is 8.75. The minimum atomic E-state index is -1.02. The Bertz CT molecular complexity index is 291. The number of hydrogen-bond acceptors (Lipinski definition) is 2. The summed E-state index contributed by atoms with van der Waals surface area (Å²) in [5.74, 6) is 0.0136. The Labute approximate surface area is 78.0 Å². The van der Waals surface area contributed by atoms with Crippen LogP contribution in [0, 0.1) is 0 Å². The van der Waals surface area contributed by atoms with Crippen molar-refractivity contribution >= 4 is 5.91 Å². The molecule has 3 nitrogen and oxygen atoms in total. The molecule has 0 bridgehead atoms. The second kappa shape index (κ2) is 2.58. The van der Waals surface area contributed by atoms with Crippen molar-refractivity contribution in [3.05, 3.63) is 11.1 Å². The van der Waals surface area contributed by atoms with Crippen molar-refractivity contribution < 1.29 is 9.90 Å². The molecular weight excluding hydrogens is 166 g/mol. The average molecular weight is 181 g/mol. The van der Waals surface area contributed by atoms with Crippen molar-refractivity contribution in [2.24, 2.45) is 0 Å². The van der Waals surface area contributed by atoms with Gasteiger partial charge < -0.3 is 10.0 Å². The fourth-order valence-corrected chi connectivity index (χ4v) is 2.27. The van der Waals surface area contributed by atoms with Gasteiger partial charge in [0.1, 0.15) is 0 Å². The Hall–Kier alpha value is -0.830. The maximum absolute atomic E-state index is 11.7. The van der Waals surface area contributed by atoms with E-state index in [2.05, 4.69) is 0 Å². The van der Waals surface area contributed by atoms with Gasteiger partial charge in [0, 0.05) is 12.6 Å². The van der Waals surface area contributed by atoms with Crippen LogP contribution in [-0.2, 0) is 4.79 Å². The molecule has 0 saturated heterocycles. The molecule has 1 aliphatic heterocycles. The van der Waals surface area contributed by atoms with Gasteiger partial charge in [-0.25, -0.2) is 0 Å². The highest BCUT2D eigenvalue weighted by molar-refractivity contribution is 5.98. The van der Waals surface area contributed by atoms with Gasteiger partial charge in [0.15, 0.2) is 5.72 Å². The molecule has 3 heteroatoms. The second-order valence-electron chi connectivity index (χ2n) is 4.05. The van der Waals surface area contributed by atoms with Crippen molar-refractivity contribution in [1.82, 2.24) is 4.90 Å². The molecule has 0 saturated carbocycles. The summed E-state index contributed by atoms with van der Waals surface area (Å²) in [6.07, 6.45) is 3.89. The quantitative estimate of drug-likeness (QED) is 0.606. The fraction of sp³-hybridized carbons (Fsp3) is 0.700. The van der Waals surface area contributed by atoms with Crippen LogP contribution in [0.3, 0.4) is 0 Å². The number of hydrogen-bond donors (Lipinski definition) is 1. The Morgan fingerprint density at radius 2 is 2.00 bits per heavy atom. The standard InChI is InChI=1S/C10H15NO2/c1-10(13)8-6-4-3-5-7(8)9(12)11(10)2/h13H,3-6H2,1-2H3. The van der Waals surface area contributed by atoms with Crippen LogP contribution in [0.5, 0.6) is 0 Å². The third-order valence-corrected chi connectivity index (χ3v) is 3.26. The van der Waals surface area contributed by atoms with E-state index in [1.807, 2.05) is 0 Å². The highest BCUT2D eigenvalue weighted by Gasteiger charge is 2.44. The molecule has 2 rings (SSSR count). The minimum absolute atomic E-state index is 0.0136. The van der Waals surface area contributed by atoms with Gasteiger partial charge in [-0.15, -0.1) is 0 Å². The zero-order chi connectivity index (χ0) is 9.64. The summed E-state index contributed by atoms with van der Waals surface area (Å²) in [6, 6.07) is 0. The van der Waals surface area contributed by atoms with E-state index >= 15 is 0 Å². The minimum Gasteiger partial charge on any atom is -0.367 e. The number of rotatable bonds is 0. The van der Waals surface area contributed by atoms with Gasteiger partial charge in [0.2, 0.25) is 0 Å². The Morgan fingerprint density at radius 3 is 2.62 bits per heavy atom. The van der Waals surface area contributed by atoms with Gasteiger partial charge in [0.25, 0.3) is 5.91 Å². The van der Waals surface area contributed by atoms with E-state index in [4.69, 9.17) is 0 Å². The molecule has 72 valence electrons. The molecule has 1 atom stereocenters. The van der Waals surface area contributed by atoms with Crippen LogP contribution in [0.4, 0.5) is 0 Å². The van der Waals surface area contributed by atoms with E-state index in [-0.39, 0.29) is 5.91 Å².